The third-order valence-corrected chi connectivity index (χ3v) is 4.36. The van der Waals surface area contributed by atoms with E-state index < -0.39 is 6.09 Å². The highest BCUT2D eigenvalue weighted by molar-refractivity contribution is 6.30. The number of rotatable bonds is 3. The molecule has 1 aliphatic heterocycles. The van der Waals surface area contributed by atoms with Gasteiger partial charge < -0.3 is 9.63 Å². The molecule has 1 fully saturated rings. The Morgan fingerprint density at radius 3 is 2.86 bits per heavy atom. The summed E-state index contributed by atoms with van der Waals surface area (Å²) in [5, 5.41) is 14.1. The molecule has 2 heterocycles. The Bertz CT molecular complexity index is 681. The van der Waals surface area contributed by atoms with Crippen molar-refractivity contribution < 1.29 is 14.4 Å². The Kier molecular flexibility index (Phi) is 4.07. The first kappa shape index (κ1) is 14.9. The molecule has 3 rings (SSSR count). The Balaban J connectivity index is 1.90. The van der Waals surface area contributed by atoms with Gasteiger partial charge in [0.25, 0.3) is 0 Å². The number of aryl methyl sites for hydroxylation is 1. The smallest absolute Gasteiger partial charge is 0.407 e. The van der Waals surface area contributed by atoms with Gasteiger partial charge in [-0.1, -0.05) is 28.9 Å². The van der Waals surface area contributed by atoms with Gasteiger partial charge in [-0.15, -0.1) is 0 Å². The average Bonchev–Trinajstić information content (AvgIpc) is 3.09. The molecular weight excluding hydrogens is 304 g/mol. The third-order valence-electron chi connectivity index (χ3n) is 4.11. The molecule has 5 nitrogen and oxygen atoms in total. The van der Waals surface area contributed by atoms with Crippen molar-refractivity contribution in [2.45, 2.75) is 32.2 Å². The first-order valence-electron chi connectivity index (χ1n) is 7.25. The number of benzene rings is 1. The number of amides is 1. The van der Waals surface area contributed by atoms with Gasteiger partial charge in [0.1, 0.15) is 0 Å². The van der Waals surface area contributed by atoms with E-state index in [1.54, 1.807) is 0 Å². The molecule has 1 unspecified atom stereocenters. The number of carboxylic acid groups (broad SMARTS) is 1. The van der Waals surface area contributed by atoms with E-state index in [2.05, 4.69) is 5.16 Å². The molecule has 0 aliphatic carbocycles. The van der Waals surface area contributed by atoms with Crippen molar-refractivity contribution in [3.63, 3.8) is 0 Å². The molecule has 0 saturated carbocycles. The zero-order chi connectivity index (χ0) is 15.7. The molecule has 0 bridgehead atoms. The summed E-state index contributed by atoms with van der Waals surface area (Å²) in [6.07, 6.45) is 1.37. The standard InChI is InChI=1S/C16H17ClN2O3/c1-10-13(9-11-4-6-12(17)7-5-11)15(22-18-10)14-3-2-8-19(14)16(20)21/h4-7,14H,2-3,8-9H2,1H3,(H,20,21). The van der Waals surface area contributed by atoms with Crippen LogP contribution in [-0.4, -0.2) is 27.8 Å². The lowest BCUT2D eigenvalue weighted by Gasteiger charge is -2.20. The normalized spacial score (nSPS) is 17.9. The van der Waals surface area contributed by atoms with E-state index in [-0.39, 0.29) is 6.04 Å². The molecule has 116 valence electrons. The van der Waals surface area contributed by atoms with Crippen LogP contribution in [0, 0.1) is 6.92 Å². The molecule has 22 heavy (non-hydrogen) atoms. The molecule has 1 amide bonds. The quantitative estimate of drug-likeness (QED) is 0.926. The number of hydrogen-bond donors (Lipinski definition) is 1. The van der Waals surface area contributed by atoms with E-state index in [9.17, 15) is 9.90 Å². The summed E-state index contributed by atoms with van der Waals surface area (Å²) >= 11 is 5.91. The lowest BCUT2D eigenvalue weighted by Crippen LogP contribution is -2.29. The van der Waals surface area contributed by atoms with Gasteiger partial charge >= 0.3 is 6.09 Å². The maximum Gasteiger partial charge on any atom is 0.407 e. The highest BCUT2D eigenvalue weighted by Gasteiger charge is 2.34. The highest BCUT2D eigenvalue weighted by atomic mass is 35.5. The van der Waals surface area contributed by atoms with Crippen LogP contribution < -0.4 is 0 Å². The number of aromatic nitrogens is 1. The zero-order valence-corrected chi connectivity index (χ0v) is 13.0. The number of halogens is 1. The molecular formula is C16H17ClN2O3. The average molecular weight is 321 g/mol. The molecule has 0 radical (unpaired) electrons. The van der Waals surface area contributed by atoms with Crippen molar-refractivity contribution in [1.29, 1.82) is 0 Å². The van der Waals surface area contributed by atoms with Crippen LogP contribution in [0.1, 0.15) is 41.5 Å². The summed E-state index contributed by atoms with van der Waals surface area (Å²) in [7, 11) is 0. The Labute approximate surface area is 133 Å². The molecule has 1 aromatic heterocycles. The van der Waals surface area contributed by atoms with Gasteiger partial charge in [-0.05, 0) is 37.5 Å². The van der Waals surface area contributed by atoms with Crippen LogP contribution in [0.2, 0.25) is 5.02 Å². The van der Waals surface area contributed by atoms with Gasteiger partial charge in [-0.3, -0.25) is 4.90 Å². The molecule has 0 spiro atoms. The van der Waals surface area contributed by atoms with Crippen LogP contribution in [0.3, 0.4) is 0 Å². The second-order valence-electron chi connectivity index (χ2n) is 5.55. The van der Waals surface area contributed by atoms with E-state index in [1.807, 2.05) is 31.2 Å². The molecule has 1 aliphatic rings. The number of hydrogen-bond acceptors (Lipinski definition) is 3. The fraction of sp³-hybridized carbons (Fsp3) is 0.375. The molecule has 1 N–H and O–H groups in total. The monoisotopic (exact) mass is 320 g/mol. The number of nitrogens with zero attached hydrogens (tertiary/aromatic N) is 2. The highest BCUT2D eigenvalue weighted by Crippen LogP contribution is 2.35. The zero-order valence-electron chi connectivity index (χ0n) is 12.3. The molecule has 1 atom stereocenters. The van der Waals surface area contributed by atoms with Crippen LogP contribution in [0.4, 0.5) is 4.79 Å². The van der Waals surface area contributed by atoms with E-state index >= 15 is 0 Å². The van der Waals surface area contributed by atoms with Gasteiger partial charge in [0, 0.05) is 23.6 Å². The summed E-state index contributed by atoms with van der Waals surface area (Å²) in [4.78, 5) is 12.8. The van der Waals surface area contributed by atoms with Gasteiger partial charge in [-0.2, -0.15) is 0 Å². The summed E-state index contributed by atoms with van der Waals surface area (Å²) in [6, 6.07) is 7.38. The van der Waals surface area contributed by atoms with Crippen LogP contribution in [0.5, 0.6) is 0 Å². The molecule has 1 saturated heterocycles. The SMILES string of the molecule is Cc1noc(C2CCCN2C(=O)O)c1Cc1ccc(Cl)cc1. The second-order valence-corrected chi connectivity index (χ2v) is 5.98. The van der Waals surface area contributed by atoms with Crippen LogP contribution in [0.25, 0.3) is 0 Å². The summed E-state index contributed by atoms with van der Waals surface area (Å²) < 4.78 is 5.47. The maximum absolute atomic E-state index is 11.3. The fourth-order valence-corrected chi connectivity index (χ4v) is 3.08. The van der Waals surface area contributed by atoms with Crippen LogP contribution in [-0.2, 0) is 6.42 Å². The van der Waals surface area contributed by atoms with Crippen molar-refractivity contribution in [2.24, 2.45) is 0 Å². The second kappa shape index (κ2) is 6.01. The summed E-state index contributed by atoms with van der Waals surface area (Å²) in [5.41, 5.74) is 2.87. The van der Waals surface area contributed by atoms with Gasteiger partial charge in [-0.25, -0.2) is 4.79 Å². The first-order chi connectivity index (χ1) is 10.6. The lowest BCUT2D eigenvalue weighted by molar-refractivity contribution is 0.132. The Morgan fingerprint density at radius 1 is 1.45 bits per heavy atom. The van der Waals surface area contributed by atoms with Crippen molar-refractivity contribution in [1.82, 2.24) is 10.1 Å². The molecule has 6 heteroatoms. The predicted molar refractivity (Wildman–Crippen MR) is 82.2 cm³/mol. The van der Waals surface area contributed by atoms with E-state index in [1.165, 1.54) is 4.90 Å². The van der Waals surface area contributed by atoms with Crippen LogP contribution >= 0.6 is 11.6 Å². The van der Waals surface area contributed by atoms with Crippen molar-refractivity contribution in [3.05, 3.63) is 51.9 Å². The van der Waals surface area contributed by atoms with E-state index in [0.29, 0.717) is 23.7 Å². The summed E-state index contributed by atoms with van der Waals surface area (Å²) in [6.45, 7) is 2.43. The van der Waals surface area contributed by atoms with Crippen molar-refractivity contribution in [3.8, 4) is 0 Å². The van der Waals surface area contributed by atoms with E-state index in [0.717, 1.165) is 29.7 Å². The minimum absolute atomic E-state index is 0.235. The third kappa shape index (κ3) is 2.81. The molecule has 2 aromatic rings. The van der Waals surface area contributed by atoms with Gasteiger partial charge in [0.05, 0.1) is 11.7 Å². The largest absolute Gasteiger partial charge is 0.465 e. The van der Waals surface area contributed by atoms with Crippen molar-refractivity contribution >= 4 is 17.7 Å². The maximum atomic E-state index is 11.3. The molecule has 1 aromatic carbocycles. The minimum Gasteiger partial charge on any atom is -0.465 e. The summed E-state index contributed by atoms with van der Waals surface area (Å²) in [5.74, 6) is 0.673. The predicted octanol–water partition coefficient (Wildman–Crippen LogP) is 4.04. The number of carbonyl (C=O) groups is 1. The van der Waals surface area contributed by atoms with Crippen LogP contribution in [0.15, 0.2) is 28.8 Å². The van der Waals surface area contributed by atoms with Gasteiger partial charge in [0.15, 0.2) is 5.76 Å². The first-order valence-corrected chi connectivity index (χ1v) is 7.63. The fourth-order valence-electron chi connectivity index (χ4n) is 2.96. The van der Waals surface area contributed by atoms with E-state index in [4.69, 9.17) is 16.1 Å². The minimum atomic E-state index is -0.908. The Morgan fingerprint density at radius 2 is 2.18 bits per heavy atom. The van der Waals surface area contributed by atoms with Gasteiger partial charge in [0.2, 0.25) is 0 Å². The lowest BCUT2D eigenvalue weighted by atomic mass is 9.99. The Hall–Kier alpha value is -2.01. The van der Waals surface area contributed by atoms with Crippen molar-refractivity contribution in [2.75, 3.05) is 6.54 Å². The number of likely N-dealkylation sites (tertiary alicyclic amines) is 1. The topological polar surface area (TPSA) is 66.6 Å².